The van der Waals surface area contributed by atoms with Crippen molar-refractivity contribution in [1.82, 2.24) is 0 Å². The highest BCUT2D eigenvalue weighted by atomic mass is 35.5. The van der Waals surface area contributed by atoms with Gasteiger partial charge >= 0.3 is 0 Å². The minimum Gasteiger partial charge on any atom is -0.289 e. The van der Waals surface area contributed by atoms with Gasteiger partial charge in [0.05, 0.1) is 0 Å². The van der Waals surface area contributed by atoms with Gasteiger partial charge in [0.15, 0.2) is 5.78 Å². The highest BCUT2D eigenvalue weighted by molar-refractivity contribution is 7.99. The molecule has 1 aromatic rings. The highest BCUT2D eigenvalue weighted by Gasteiger charge is 2.23. The largest absolute Gasteiger partial charge is 0.289 e. The van der Waals surface area contributed by atoms with E-state index in [1.54, 1.807) is 13.0 Å². The molecule has 4 heteroatoms. The van der Waals surface area contributed by atoms with Crippen LogP contribution in [0.15, 0.2) is 28.1 Å². The van der Waals surface area contributed by atoms with Gasteiger partial charge in [0.1, 0.15) is 5.82 Å². The van der Waals surface area contributed by atoms with Crippen LogP contribution in [0, 0.1) is 12.7 Å². The van der Waals surface area contributed by atoms with E-state index in [1.165, 1.54) is 23.4 Å². The van der Waals surface area contributed by atoms with Crippen LogP contribution in [0.3, 0.4) is 0 Å². The lowest BCUT2D eigenvalue weighted by molar-refractivity contribution is 0.103. The molecule has 0 aromatic heterocycles. The summed E-state index contributed by atoms with van der Waals surface area (Å²) in [6.07, 6.45) is 0. The summed E-state index contributed by atoms with van der Waals surface area (Å²) < 4.78 is 13.2. The fourth-order valence-electron chi connectivity index (χ4n) is 1.44. The molecule has 1 heterocycles. The summed E-state index contributed by atoms with van der Waals surface area (Å²) in [7, 11) is 0. The van der Waals surface area contributed by atoms with Gasteiger partial charge < -0.3 is 0 Å². The van der Waals surface area contributed by atoms with Gasteiger partial charge in [-0.2, -0.15) is 0 Å². The first-order valence-corrected chi connectivity index (χ1v) is 5.82. The van der Waals surface area contributed by atoms with Crippen LogP contribution in [0.2, 0.25) is 0 Å². The van der Waals surface area contributed by atoms with E-state index in [4.69, 9.17) is 11.6 Å². The van der Waals surface area contributed by atoms with Crippen molar-refractivity contribution in [2.75, 3.05) is 5.75 Å². The predicted octanol–water partition coefficient (Wildman–Crippen LogP) is 3.55. The number of halogens is 2. The molecule has 78 valence electrons. The van der Waals surface area contributed by atoms with Crippen LogP contribution in [-0.2, 0) is 0 Å². The number of thioether (sulfide) groups is 1. The van der Waals surface area contributed by atoms with Crippen LogP contribution in [-0.4, -0.2) is 11.5 Å². The summed E-state index contributed by atoms with van der Waals surface area (Å²) in [4.78, 5) is 12.5. The maximum absolute atomic E-state index is 13.2. The Bertz CT molecular complexity index is 468. The fraction of sp³-hybridized carbons (Fsp3) is 0.182. The number of aryl methyl sites for hydroxylation is 1. The molecule has 0 radical (unpaired) electrons. The van der Waals surface area contributed by atoms with Gasteiger partial charge in [0.2, 0.25) is 0 Å². The second-order valence-corrected chi connectivity index (χ2v) is 4.59. The lowest BCUT2D eigenvalue weighted by atomic mass is 10.0. The van der Waals surface area contributed by atoms with E-state index >= 15 is 0 Å². The first-order valence-electron chi connectivity index (χ1n) is 4.40. The lowest BCUT2D eigenvalue weighted by Crippen LogP contribution is -2.12. The minimum absolute atomic E-state index is 0.0955. The Hall–Kier alpha value is -0.800. The van der Waals surface area contributed by atoms with E-state index in [0.29, 0.717) is 27.3 Å². The summed E-state index contributed by atoms with van der Waals surface area (Å²) in [6.45, 7) is 1.65. The van der Waals surface area contributed by atoms with Crippen LogP contribution in [0.5, 0.6) is 0 Å². The van der Waals surface area contributed by atoms with Gasteiger partial charge in [-0.1, -0.05) is 11.6 Å². The van der Waals surface area contributed by atoms with Crippen molar-refractivity contribution in [3.8, 4) is 0 Å². The summed E-state index contributed by atoms with van der Waals surface area (Å²) in [5.41, 5.74) is 2.91. The van der Waals surface area contributed by atoms with Crippen LogP contribution < -0.4 is 0 Å². The number of fused-ring (bicyclic) bond motifs is 1. The summed E-state index contributed by atoms with van der Waals surface area (Å²) in [5.74, 6) is 0.145. The van der Waals surface area contributed by atoms with Gasteiger partial charge in [-0.15, -0.1) is 11.8 Å². The van der Waals surface area contributed by atoms with Crippen molar-refractivity contribution in [3.63, 3.8) is 0 Å². The lowest BCUT2D eigenvalue weighted by Gasteiger charge is -2.17. The Balaban J connectivity index is 2.57. The molecule has 0 fully saturated rings. The minimum atomic E-state index is -0.271. The van der Waals surface area contributed by atoms with Gasteiger partial charge in [0, 0.05) is 27.3 Å². The van der Waals surface area contributed by atoms with E-state index < -0.39 is 0 Å². The number of hydrogen-bond donors (Lipinski definition) is 0. The number of Topliss-reactive ketones (excluding diaryl/α,β-unsaturated/α-hetero) is 1. The van der Waals surface area contributed by atoms with Crippen molar-refractivity contribution in [2.45, 2.75) is 11.8 Å². The molecule has 0 saturated carbocycles. The molecule has 0 N–H and O–H groups in total. The molecule has 0 spiro atoms. The fourth-order valence-corrected chi connectivity index (χ4v) is 2.72. The van der Waals surface area contributed by atoms with E-state index in [2.05, 4.69) is 0 Å². The predicted molar refractivity (Wildman–Crippen MR) is 60.1 cm³/mol. The maximum Gasteiger partial charge on any atom is 0.191 e. The first-order chi connectivity index (χ1) is 7.13. The zero-order valence-corrected chi connectivity index (χ0v) is 9.58. The number of benzene rings is 1. The van der Waals surface area contributed by atoms with Crippen LogP contribution >= 0.6 is 23.4 Å². The van der Waals surface area contributed by atoms with E-state index in [0.717, 1.165) is 0 Å². The maximum atomic E-state index is 13.2. The molecule has 0 atom stereocenters. The van der Waals surface area contributed by atoms with E-state index in [-0.39, 0.29) is 11.6 Å². The number of carbonyl (C=O) groups excluding carboxylic acids is 1. The second kappa shape index (κ2) is 3.99. The summed E-state index contributed by atoms with van der Waals surface area (Å²) in [5, 5.41) is 0. The Morgan fingerprint density at radius 2 is 2.27 bits per heavy atom. The van der Waals surface area contributed by atoms with Gasteiger partial charge in [0.25, 0.3) is 0 Å². The van der Waals surface area contributed by atoms with Crippen LogP contribution in [0.1, 0.15) is 15.9 Å². The van der Waals surface area contributed by atoms with Gasteiger partial charge in [-0.05, 0) is 24.6 Å². The molecule has 0 unspecified atom stereocenters. The SMILES string of the molecule is Cc1cc2c(cc1F)SC/C(=C/Cl)C2=O. The van der Waals surface area contributed by atoms with Crippen LogP contribution in [0.4, 0.5) is 4.39 Å². The quantitative estimate of drug-likeness (QED) is 0.648. The molecule has 2 rings (SSSR count). The van der Waals surface area contributed by atoms with Crippen molar-refractivity contribution < 1.29 is 9.18 Å². The van der Waals surface area contributed by atoms with E-state index in [1.807, 2.05) is 0 Å². The highest BCUT2D eigenvalue weighted by Crippen LogP contribution is 2.34. The zero-order valence-electron chi connectivity index (χ0n) is 8.01. The molecule has 0 bridgehead atoms. The molecule has 1 nitrogen and oxygen atoms in total. The molecule has 1 aromatic carbocycles. The van der Waals surface area contributed by atoms with Crippen molar-refractivity contribution in [1.29, 1.82) is 0 Å². The van der Waals surface area contributed by atoms with Crippen LogP contribution in [0.25, 0.3) is 0 Å². The van der Waals surface area contributed by atoms with Crippen molar-refractivity contribution >= 4 is 29.1 Å². The molecule has 0 aliphatic carbocycles. The summed E-state index contributed by atoms with van der Waals surface area (Å²) >= 11 is 6.98. The monoisotopic (exact) mass is 242 g/mol. The van der Waals surface area contributed by atoms with E-state index in [9.17, 15) is 9.18 Å². The van der Waals surface area contributed by atoms with Crippen molar-refractivity contribution in [2.24, 2.45) is 0 Å². The summed E-state index contributed by atoms with van der Waals surface area (Å²) in [6, 6.07) is 3.00. The second-order valence-electron chi connectivity index (χ2n) is 3.35. The Morgan fingerprint density at radius 3 is 2.93 bits per heavy atom. The molecular formula is C11H8ClFOS. The van der Waals surface area contributed by atoms with Crippen molar-refractivity contribution in [3.05, 3.63) is 40.2 Å². The third kappa shape index (κ3) is 1.82. The number of rotatable bonds is 0. The average molecular weight is 243 g/mol. The smallest absolute Gasteiger partial charge is 0.191 e. The third-order valence-corrected chi connectivity index (χ3v) is 3.68. The Kier molecular flexibility index (Phi) is 2.85. The number of hydrogen-bond acceptors (Lipinski definition) is 2. The topological polar surface area (TPSA) is 17.1 Å². The standard InChI is InChI=1S/C11H8ClFOS/c1-6-2-8-10(3-9(6)13)15-5-7(4-12)11(8)14/h2-4H,5H2,1H3/b7-4-. The number of carbonyl (C=O) groups is 1. The zero-order chi connectivity index (χ0) is 11.0. The van der Waals surface area contributed by atoms with Gasteiger partial charge in [-0.3, -0.25) is 4.79 Å². The molecule has 15 heavy (non-hydrogen) atoms. The normalized spacial score (nSPS) is 18.1. The van der Waals surface area contributed by atoms with Gasteiger partial charge in [-0.25, -0.2) is 4.39 Å². The molecule has 1 aliphatic rings. The Labute approximate surface area is 96.3 Å². The molecular weight excluding hydrogens is 235 g/mol. The first kappa shape index (κ1) is 10.7. The number of ketones is 1. The molecule has 1 aliphatic heterocycles. The molecule has 0 saturated heterocycles. The average Bonchev–Trinajstić information content (AvgIpc) is 2.22. The molecule has 0 amide bonds. The Morgan fingerprint density at radius 1 is 1.53 bits per heavy atom. The third-order valence-electron chi connectivity index (χ3n) is 2.31.